The van der Waals surface area contributed by atoms with E-state index < -0.39 is 11.7 Å². The summed E-state index contributed by atoms with van der Waals surface area (Å²) in [4.78, 5) is 4.52. The first-order chi connectivity index (χ1) is 8.99. The zero-order valence-electron chi connectivity index (χ0n) is 9.74. The molecular weight excluding hydrogens is 257 g/mol. The minimum absolute atomic E-state index is 0.498. The molecule has 0 aromatic heterocycles. The maximum atomic E-state index is 12.4. The lowest BCUT2D eigenvalue weighted by molar-refractivity contribution is -0.137. The third-order valence-electron chi connectivity index (χ3n) is 2.49. The van der Waals surface area contributed by atoms with E-state index in [1.54, 1.807) is 24.3 Å². The number of anilines is 2. The number of benzene rings is 2. The fourth-order valence-electron chi connectivity index (χ4n) is 1.53. The summed E-state index contributed by atoms with van der Waals surface area (Å²) >= 11 is 0. The van der Waals surface area contributed by atoms with Gasteiger partial charge in [-0.2, -0.15) is 19.1 Å². The first kappa shape index (κ1) is 13.2. The third kappa shape index (κ3) is 3.38. The van der Waals surface area contributed by atoms with Crippen molar-refractivity contribution in [3.8, 4) is 5.75 Å². The minimum Gasteiger partial charge on any atom is -0.412 e. The van der Waals surface area contributed by atoms with Crippen molar-refractivity contribution < 1.29 is 18.0 Å². The Morgan fingerprint density at radius 2 is 1.32 bits per heavy atom. The van der Waals surface area contributed by atoms with Gasteiger partial charge in [0.2, 0.25) is 0 Å². The van der Waals surface area contributed by atoms with Gasteiger partial charge in [-0.1, -0.05) is 0 Å². The SMILES string of the molecule is NOc1ccc(Nc2ccc(C(F)(F)F)cc2)cc1. The van der Waals surface area contributed by atoms with E-state index in [1.807, 2.05) is 0 Å². The smallest absolute Gasteiger partial charge is 0.412 e. The molecule has 0 heterocycles. The van der Waals surface area contributed by atoms with Crippen LogP contribution in [0.4, 0.5) is 24.5 Å². The predicted molar refractivity (Wildman–Crippen MR) is 66.0 cm³/mol. The van der Waals surface area contributed by atoms with Crippen molar-refractivity contribution in [3.63, 3.8) is 0 Å². The quantitative estimate of drug-likeness (QED) is 0.834. The van der Waals surface area contributed by atoms with Crippen LogP contribution in [-0.4, -0.2) is 0 Å². The van der Waals surface area contributed by atoms with Gasteiger partial charge in [0.25, 0.3) is 0 Å². The highest BCUT2D eigenvalue weighted by molar-refractivity contribution is 5.60. The van der Waals surface area contributed by atoms with E-state index in [1.165, 1.54) is 12.1 Å². The molecule has 2 aromatic rings. The van der Waals surface area contributed by atoms with Crippen molar-refractivity contribution in [1.29, 1.82) is 0 Å². The average molecular weight is 268 g/mol. The van der Waals surface area contributed by atoms with Gasteiger partial charge in [0.1, 0.15) is 5.75 Å². The Hall–Kier alpha value is -2.21. The molecule has 0 saturated carbocycles. The highest BCUT2D eigenvalue weighted by Gasteiger charge is 2.29. The van der Waals surface area contributed by atoms with Crippen LogP contribution in [0.15, 0.2) is 48.5 Å². The number of halogens is 3. The molecular formula is C13H11F3N2O. The summed E-state index contributed by atoms with van der Waals surface area (Å²) in [6.07, 6.45) is -4.32. The van der Waals surface area contributed by atoms with Crippen molar-refractivity contribution in [1.82, 2.24) is 0 Å². The minimum atomic E-state index is -4.32. The Morgan fingerprint density at radius 3 is 1.74 bits per heavy atom. The van der Waals surface area contributed by atoms with Crippen molar-refractivity contribution >= 4 is 11.4 Å². The van der Waals surface area contributed by atoms with Gasteiger partial charge in [-0.25, -0.2) is 0 Å². The monoisotopic (exact) mass is 268 g/mol. The number of nitrogens with two attached hydrogens (primary N) is 1. The Kier molecular flexibility index (Phi) is 3.62. The van der Waals surface area contributed by atoms with Crippen molar-refractivity contribution in [2.24, 2.45) is 5.90 Å². The Morgan fingerprint density at radius 1 is 0.842 bits per heavy atom. The third-order valence-corrected chi connectivity index (χ3v) is 2.49. The summed E-state index contributed by atoms with van der Waals surface area (Å²) in [6, 6.07) is 11.5. The molecule has 2 aromatic carbocycles. The molecule has 0 bridgehead atoms. The highest BCUT2D eigenvalue weighted by atomic mass is 19.4. The molecule has 0 spiro atoms. The number of alkyl halides is 3. The largest absolute Gasteiger partial charge is 0.416 e. The van der Waals surface area contributed by atoms with E-state index in [2.05, 4.69) is 10.2 Å². The van der Waals surface area contributed by atoms with Crippen LogP contribution in [0.3, 0.4) is 0 Å². The fourth-order valence-corrected chi connectivity index (χ4v) is 1.53. The summed E-state index contributed by atoms with van der Waals surface area (Å²) in [7, 11) is 0. The summed E-state index contributed by atoms with van der Waals surface area (Å²) in [5.74, 6) is 5.48. The number of nitrogens with one attached hydrogen (secondary N) is 1. The summed E-state index contributed by atoms with van der Waals surface area (Å²) in [5.41, 5.74) is 0.611. The van der Waals surface area contributed by atoms with Crippen LogP contribution in [0.2, 0.25) is 0 Å². The van der Waals surface area contributed by atoms with E-state index in [4.69, 9.17) is 5.90 Å². The van der Waals surface area contributed by atoms with Crippen LogP contribution in [0.25, 0.3) is 0 Å². The summed E-state index contributed by atoms with van der Waals surface area (Å²) in [5, 5.41) is 2.97. The zero-order valence-corrected chi connectivity index (χ0v) is 9.74. The van der Waals surface area contributed by atoms with Crippen LogP contribution in [0.5, 0.6) is 5.75 Å². The highest BCUT2D eigenvalue weighted by Crippen LogP contribution is 2.30. The second-order valence-electron chi connectivity index (χ2n) is 3.84. The van der Waals surface area contributed by atoms with E-state index in [-0.39, 0.29) is 0 Å². The first-order valence-electron chi connectivity index (χ1n) is 5.40. The van der Waals surface area contributed by atoms with Crippen LogP contribution < -0.4 is 16.1 Å². The molecule has 2 rings (SSSR count). The maximum absolute atomic E-state index is 12.4. The summed E-state index contributed by atoms with van der Waals surface area (Å²) < 4.78 is 37.2. The Balaban J connectivity index is 2.10. The van der Waals surface area contributed by atoms with Crippen molar-refractivity contribution in [3.05, 3.63) is 54.1 Å². The second kappa shape index (κ2) is 5.19. The molecule has 0 radical (unpaired) electrons. The average Bonchev–Trinajstić information content (AvgIpc) is 2.39. The number of hydrogen-bond donors (Lipinski definition) is 2. The molecule has 0 aliphatic rings. The van der Waals surface area contributed by atoms with Gasteiger partial charge in [0.05, 0.1) is 5.56 Å². The van der Waals surface area contributed by atoms with Crippen LogP contribution in [0, 0.1) is 0 Å². The van der Waals surface area contributed by atoms with E-state index in [0.717, 1.165) is 17.8 Å². The molecule has 0 saturated heterocycles. The van der Waals surface area contributed by atoms with Gasteiger partial charge in [-0.05, 0) is 48.5 Å². The number of rotatable bonds is 3. The Labute approximate surface area is 107 Å². The molecule has 0 amide bonds. The van der Waals surface area contributed by atoms with Crippen molar-refractivity contribution in [2.45, 2.75) is 6.18 Å². The van der Waals surface area contributed by atoms with Gasteiger partial charge in [0.15, 0.2) is 0 Å². The molecule has 6 heteroatoms. The lowest BCUT2D eigenvalue weighted by atomic mass is 10.2. The van der Waals surface area contributed by atoms with Crippen LogP contribution in [-0.2, 0) is 6.18 Å². The topological polar surface area (TPSA) is 47.3 Å². The van der Waals surface area contributed by atoms with Crippen molar-refractivity contribution in [2.75, 3.05) is 5.32 Å². The molecule has 3 N–H and O–H groups in total. The lowest BCUT2D eigenvalue weighted by Gasteiger charge is -2.09. The first-order valence-corrected chi connectivity index (χ1v) is 5.40. The molecule has 0 fully saturated rings. The van der Waals surface area contributed by atoms with Crippen LogP contribution in [0.1, 0.15) is 5.56 Å². The molecule has 0 unspecified atom stereocenters. The van der Waals surface area contributed by atoms with Gasteiger partial charge in [-0.3, -0.25) is 0 Å². The molecule has 0 aliphatic heterocycles. The predicted octanol–water partition coefficient (Wildman–Crippen LogP) is 3.70. The standard InChI is InChI=1S/C13H11F3N2O/c14-13(15,16)9-1-3-10(4-2-9)18-11-5-7-12(19-17)8-6-11/h1-8,18H,17H2. The molecule has 3 nitrogen and oxygen atoms in total. The second-order valence-corrected chi connectivity index (χ2v) is 3.84. The number of hydrogen-bond acceptors (Lipinski definition) is 3. The maximum Gasteiger partial charge on any atom is 0.416 e. The normalized spacial score (nSPS) is 11.2. The van der Waals surface area contributed by atoms with Crippen LogP contribution >= 0.6 is 0 Å². The van der Waals surface area contributed by atoms with E-state index in [9.17, 15) is 13.2 Å². The van der Waals surface area contributed by atoms with Gasteiger partial charge < -0.3 is 10.2 Å². The zero-order chi connectivity index (χ0) is 13.9. The molecule has 0 atom stereocenters. The molecule has 0 aliphatic carbocycles. The summed E-state index contributed by atoms with van der Waals surface area (Å²) in [6.45, 7) is 0. The lowest BCUT2D eigenvalue weighted by Crippen LogP contribution is -2.04. The molecule has 19 heavy (non-hydrogen) atoms. The van der Waals surface area contributed by atoms with E-state index >= 15 is 0 Å². The van der Waals surface area contributed by atoms with Gasteiger partial charge >= 0.3 is 6.18 Å². The fraction of sp³-hybridized carbons (Fsp3) is 0.0769. The Bertz CT molecular complexity index is 535. The van der Waals surface area contributed by atoms with Gasteiger partial charge in [-0.15, -0.1) is 0 Å². The molecule has 100 valence electrons. The van der Waals surface area contributed by atoms with Gasteiger partial charge in [0, 0.05) is 11.4 Å². The van der Waals surface area contributed by atoms with E-state index in [0.29, 0.717) is 11.4 Å².